The quantitative estimate of drug-likeness (QED) is 0.193. The van der Waals surface area contributed by atoms with Crippen molar-refractivity contribution in [2.75, 3.05) is 11.9 Å². The lowest BCUT2D eigenvalue weighted by Crippen LogP contribution is -2.55. The summed E-state index contributed by atoms with van der Waals surface area (Å²) < 4.78 is 8.38. The van der Waals surface area contributed by atoms with Crippen molar-refractivity contribution in [1.82, 2.24) is 14.9 Å². The van der Waals surface area contributed by atoms with Crippen LogP contribution in [0.5, 0.6) is 5.88 Å². The summed E-state index contributed by atoms with van der Waals surface area (Å²) in [5.74, 6) is -0.449. The fourth-order valence-corrected chi connectivity index (χ4v) is 7.54. The Morgan fingerprint density at radius 2 is 1.76 bits per heavy atom. The number of pyridine rings is 1. The van der Waals surface area contributed by atoms with Crippen LogP contribution >= 0.6 is 0 Å². The summed E-state index contributed by atoms with van der Waals surface area (Å²) in [5.41, 5.74) is 5.28. The van der Waals surface area contributed by atoms with Gasteiger partial charge in [0, 0.05) is 34.4 Å². The lowest BCUT2D eigenvalue weighted by Gasteiger charge is -2.29. The summed E-state index contributed by atoms with van der Waals surface area (Å²) >= 11 is 0. The van der Waals surface area contributed by atoms with E-state index in [-0.39, 0.29) is 11.8 Å². The molecule has 3 aliphatic rings. The van der Waals surface area contributed by atoms with Crippen molar-refractivity contribution >= 4 is 40.4 Å². The van der Waals surface area contributed by atoms with Gasteiger partial charge in [-0.25, -0.2) is 9.78 Å². The number of hydrogen-bond donors (Lipinski definition) is 3. The molecule has 0 atom stereocenters. The van der Waals surface area contributed by atoms with Gasteiger partial charge in [0.05, 0.1) is 17.8 Å². The van der Waals surface area contributed by atoms with Crippen molar-refractivity contribution in [3.05, 3.63) is 83.6 Å². The normalized spacial score (nSPS) is 17.6. The molecule has 9 nitrogen and oxygen atoms in total. The summed E-state index contributed by atoms with van der Waals surface area (Å²) in [7, 11) is 0. The smallest absolute Gasteiger partial charge is 0.328 e. The molecule has 2 fully saturated rings. The monoisotopic (exact) mass is 618 g/mol. The zero-order valence-corrected chi connectivity index (χ0v) is 25.8. The fraction of sp³-hybridized carbons (Fsp3) is 0.351. The number of rotatable bonds is 7. The van der Waals surface area contributed by atoms with Gasteiger partial charge in [0.2, 0.25) is 11.8 Å². The first kappa shape index (κ1) is 29.8. The summed E-state index contributed by atoms with van der Waals surface area (Å²) in [4.78, 5) is 43.0. The molecule has 0 bridgehead atoms. The molecule has 2 aliphatic carbocycles. The molecule has 236 valence electrons. The van der Waals surface area contributed by atoms with E-state index in [2.05, 4.69) is 32.3 Å². The molecule has 0 spiro atoms. The number of carbonyl (C=O) groups is 3. The molecule has 2 aromatic heterocycles. The van der Waals surface area contributed by atoms with Crippen molar-refractivity contribution < 1.29 is 24.2 Å². The third kappa shape index (κ3) is 5.66. The number of nitrogens with one attached hydrogen (secondary N) is 2. The number of amides is 2. The minimum absolute atomic E-state index is 0.245. The van der Waals surface area contributed by atoms with Gasteiger partial charge in [-0.1, -0.05) is 50.3 Å². The van der Waals surface area contributed by atoms with E-state index in [4.69, 9.17) is 9.84 Å². The number of benzene rings is 2. The van der Waals surface area contributed by atoms with Crippen molar-refractivity contribution in [2.24, 2.45) is 0 Å². The van der Waals surface area contributed by atoms with Crippen molar-refractivity contribution in [3.63, 3.8) is 0 Å². The molecular weight excluding hydrogens is 580 g/mol. The van der Waals surface area contributed by atoms with E-state index < -0.39 is 11.5 Å². The van der Waals surface area contributed by atoms with Crippen molar-refractivity contribution in [2.45, 2.75) is 75.8 Å². The highest BCUT2D eigenvalue weighted by atomic mass is 16.5. The molecule has 2 aromatic carbocycles. The number of carbonyl (C=O) groups excluding carboxylic acids is 2. The molecule has 46 heavy (non-hydrogen) atoms. The number of aromatic nitrogens is 2. The molecule has 3 heterocycles. The second-order valence-corrected chi connectivity index (χ2v) is 12.7. The molecule has 0 unspecified atom stereocenters. The highest BCUT2D eigenvalue weighted by Gasteiger charge is 2.43. The molecule has 0 saturated heterocycles. The van der Waals surface area contributed by atoms with E-state index in [1.165, 1.54) is 36.3 Å². The second kappa shape index (κ2) is 12.5. The van der Waals surface area contributed by atoms with Gasteiger partial charge in [-0.05, 0) is 85.2 Å². The van der Waals surface area contributed by atoms with Gasteiger partial charge in [0.1, 0.15) is 12.1 Å². The first-order valence-corrected chi connectivity index (χ1v) is 16.3. The maximum absolute atomic E-state index is 13.9. The maximum atomic E-state index is 13.9. The number of carboxylic acid groups (broad SMARTS) is 1. The minimum Gasteiger partial charge on any atom is -0.478 e. The largest absolute Gasteiger partial charge is 0.478 e. The van der Waals surface area contributed by atoms with Crippen LogP contribution < -0.4 is 15.4 Å². The number of nitrogens with zero attached hydrogens (tertiary/aromatic N) is 2. The number of anilines is 1. The van der Waals surface area contributed by atoms with Gasteiger partial charge < -0.3 is 25.0 Å². The first-order chi connectivity index (χ1) is 22.4. The summed E-state index contributed by atoms with van der Waals surface area (Å²) in [6.45, 7) is 1.14. The molecule has 1 aliphatic heterocycles. The Balaban J connectivity index is 1.19. The predicted octanol–water partition coefficient (Wildman–Crippen LogP) is 6.92. The average Bonchev–Trinajstić information content (AvgIpc) is 3.62. The highest BCUT2D eigenvalue weighted by molar-refractivity contribution is 6.06. The summed E-state index contributed by atoms with van der Waals surface area (Å²) in [5, 5.41) is 16.2. The second-order valence-electron chi connectivity index (χ2n) is 12.7. The Morgan fingerprint density at radius 3 is 2.52 bits per heavy atom. The highest BCUT2D eigenvalue weighted by Crippen LogP contribution is 2.46. The van der Waals surface area contributed by atoms with Gasteiger partial charge >= 0.3 is 5.97 Å². The third-order valence-corrected chi connectivity index (χ3v) is 9.79. The third-order valence-electron chi connectivity index (χ3n) is 9.79. The van der Waals surface area contributed by atoms with Crippen LogP contribution in [-0.2, 0) is 16.1 Å². The van der Waals surface area contributed by atoms with Gasteiger partial charge in [-0.2, -0.15) is 0 Å². The van der Waals surface area contributed by atoms with E-state index in [0.29, 0.717) is 54.6 Å². The van der Waals surface area contributed by atoms with Crippen LogP contribution in [0.1, 0.15) is 85.2 Å². The molecule has 0 radical (unpaired) electrons. The standard InChI is InChI=1S/C37H38N4O5/c42-31(43)17-12-24-10-14-27(15-11-24)39-36(45)37(18-4-5-19-37)40-34(44)26-13-16-28-30(23-26)41-21-22-46-35-29(9-6-20-38-35)33(41)32(28)25-7-2-1-3-8-25/h6,9-17,20,23,25H,1-5,7-8,18-19,21-22H2,(H,39,45)(H,40,44)(H,42,43). The minimum atomic E-state index is -1.02. The zero-order chi connectivity index (χ0) is 31.7. The summed E-state index contributed by atoms with van der Waals surface area (Å²) in [6, 6.07) is 17.0. The Kier molecular flexibility index (Phi) is 8.07. The van der Waals surface area contributed by atoms with E-state index in [1.807, 2.05) is 18.2 Å². The number of aliphatic carboxylic acids is 1. The SMILES string of the molecule is O=C(O)C=Cc1ccc(NC(=O)C2(NC(=O)c3ccc4c(C5CCCCC5)c5n(c4c3)CCOc3ncccc3-5)CCCC2)cc1. The summed E-state index contributed by atoms with van der Waals surface area (Å²) in [6.07, 6.45) is 13.1. The van der Waals surface area contributed by atoms with Gasteiger partial charge in [0.15, 0.2) is 0 Å². The van der Waals surface area contributed by atoms with Crippen LogP contribution in [0.4, 0.5) is 5.69 Å². The van der Waals surface area contributed by atoms with Crippen LogP contribution in [0.25, 0.3) is 28.2 Å². The van der Waals surface area contributed by atoms with Gasteiger partial charge in [-0.3, -0.25) is 9.59 Å². The fourth-order valence-electron chi connectivity index (χ4n) is 7.54. The van der Waals surface area contributed by atoms with E-state index in [1.54, 1.807) is 30.5 Å². The Hall–Kier alpha value is -4.92. The lowest BCUT2D eigenvalue weighted by molar-refractivity contribution is -0.131. The lowest BCUT2D eigenvalue weighted by atomic mass is 9.82. The molecule has 3 N–H and O–H groups in total. The number of fused-ring (bicyclic) bond motifs is 5. The molecule has 7 rings (SSSR count). The van der Waals surface area contributed by atoms with Crippen LogP contribution in [0.15, 0.2) is 66.9 Å². The molecular formula is C37H38N4O5. The van der Waals surface area contributed by atoms with Crippen LogP contribution in [0.3, 0.4) is 0 Å². The zero-order valence-electron chi connectivity index (χ0n) is 25.8. The van der Waals surface area contributed by atoms with Crippen molar-refractivity contribution in [1.29, 1.82) is 0 Å². The molecule has 4 aromatic rings. The molecule has 2 saturated carbocycles. The first-order valence-electron chi connectivity index (χ1n) is 16.3. The van der Waals surface area contributed by atoms with Crippen LogP contribution in [0, 0.1) is 0 Å². The number of hydrogen-bond acceptors (Lipinski definition) is 5. The number of ether oxygens (including phenoxy) is 1. The van der Waals surface area contributed by atoms with Crippen LogP contribution in [0.2, 0.25) is 0 Å². The number of carboxylic acids is 1. The average molecular weight is 619 g/mol. The van der Waals surface area contributed by atoms with Gasteiger partial charge in [0.25, 0.3) is 5.91 Å². The van der Waals surface area contributed by atoms with E-state index in [9.17, 15) is 14.4 Å². The maximum Gasteiger partial charge on any atom is 0.328 e. The van der Waals surface area contributed by atoms with E-state index >= 15 is 0 Å². The van der Waals surface area contributed by atoms with E-state index in [0.717, 1.165) is 48.5 Å². The van der Waals surface area contributed by atoms with Crippen molar-refractivity contribution in [3.8, 4) is 17.1 Å². The van der Waals surface area contributed by atoms with Gasteiger partial charge in [-0.15, -0.1) is 0 Å². The van der Waals surface area contributed by atoms with Crippen LogP contribution in [-0.4, -0.2) is 44.6 Å². The Labute approximate surface area is 267 Å². The Morgan fingerprint density at radius 1 is 0.978 bits per heavy atom. The Bertz CT molecular complexity index is 1830. The molecule has 9 heteroatoms. The topological polar surface area (TPSA) is 123 Å². The molecule has 2 amide bonds. The predicted molar refractivity (Wildman–Crippen MR) is 177 cm³/mol.